The molecule has 5 heteroatoms. The van der Waals surface area contributed by atoms with Crippen molar-refractivity contribution in [2.45, 2.75) is 89.3 Å². The molecule has 0 aromatic carbocycles. The number of carbonyl (C=O) groups excluding carboxylic acids is 1. The molecule has 23 heavy (non-hydrogen) atoms. The van der Waals surface area contributed by atoms with Gasteiger partial charge < -0.3 is 9.47 Å². The third-order valence-electron chi connectivity index (χ3n) is 4.19. The van der Waals surface area contributed by atoms with Crippen LogP contribution in [0.1, 0.15) is 67.2 Å². The summed E-state index contributed by atoms with van der Waals surface area (Å²) in [6, 6.07) is 0. The Morgan fingerprint density at radius 3 is 2.22 bits per heavy atom. The number of nitrogens with one attached hydrogen (secondary N) is 1. The van der Waals surface area contributed by atoms with Gasteiger partial charge in [0.25, 0.3) is 0 Å². The molecule has 0 bridgehead atoms. The standard InChI is InChI=1S/C18H34NO3P/c1-17(2,3)23(18(4,5)6)15-11-9-8-10-14(15)22-13-19-12-16(20)21-7/h14-15,19H,8-12H2,1-7H3. The van der Waals surface area contributed by atoms with Crippen molar-refractivity contribution in [2.24, 2.45) is 0 Å². The molecule has 0 aromatic heterocycles. The first-order chi connectivity index (χ1) is 10.6. The van der Waals surface area contributed by atoms with Crippen molar-refractivity contribution >= 4 is 13.9 Å². The Hall–Kier alpha value is -0.180. The van der Waals surface area contributed by atoms with E-state index in [0.29, 0.717) is 5.66 Å². The molecule has 0 heterocycles. The predicted octanol–water partition coefficient (Wildman–Crippen LogP) is 4.15. The molecule has 0 aliphatic heterocycles. The highest BCUT2D eigenvalue weighted by Gasteiger charge is 2.44. The molecule has 134 valence electrons. The van der Waals surface area contributed by atoms with E-state index in [1.165, 1.54) is 26.4 Å². The second-order valence-electron chi connectivity index (χ2n) is 8.25. The molecule has 1 aliphatic rings. The van der Waals surface area contributed by atoms with E-state index < -0.39 is 0 Å². The van der Waals surface area contributed by atoms with Crippen molar-refractivity contribution in [1.29, 1.82) is 0 Å². The molecule has 0 saturated heterocycles. The second kappa shape index (κ2) is 8.78. The molecule has 1 aliphatic carbocycles. The zero-order chi connectivity index (χ0) is 17.7. The maximum Gasteiger partial charge on any atom is 0.319 e. The number of hydrogen-bond acceptors (Lipinski definition) is 4. The van der Waals surface area contributed by atoms with E-state index in [1.807, 2.05) is 0 Å². The predicted molar refractivity (Wildman–Crippen MR) is 96.8 cm³/mol. The maximum absolute atomic E-state index is 11.1. The van der Waals surface area contributed by atoms with E-state index in [-0.39, 0.29) is 36.9 Å². The van der Waals surface area contributed by atoms with Crippen LogP contribution in [-0.2, 0) is 14.3 Å². The number of rotatable bonds is 6. The first-order valence-electron chi connectivity index (χ1n) is 8.57. The molecule has 0 spiro atoms. The highest BCUT2D eigenvalue weighted by molar-refractivity contribution is 7.61. The molecule has 0 amide bonds. The fourth-order valence-electron chi connectivity index (χ4n) is 3.81. The van der Waals surface area contributed by atoms with Crippen LogP contribution in [0.25, 0.3) is 0 Å². The van der Waals surface area contributed by atoms with Gasteiger partial charge in [0.2, 0.25) is 6.73 Å². The molecular formula is C18H34NO3P. The first-order valence-corrected chi connectivity index (χ1v) is 9.98. The zero-order valence-corrected chi connectivity index (χ0v) is 16.8. The first kappa shape index (κ1) is 20.9. The lowest BCUT2D eigenvalue weighted by Gasteiger charge is -2.50. The Bertz CT molecular complexity index is 359. The largest absolute Gasteiger partial charge is 0.468 e. The second-order valence-corrected chi connectivity index (χ2v) is 12.3. The number of carbonyl (C=O) groups is 1. The number of ether oxygens (including phenoxy) is 2. The van der Waals surface area contributed by atoms with Gasteiger partial charge in [-0.25, -0.2) is 0 Å². The average Bonchev–Trinajstić information content (AvgIpc) is 2.41. The van der Waals surface area contributed by atoms with E-state index in [2.05, 4.69) is 58.3 Å². The topological polar surface area (TPSA) is 47.6 Å². The molecule has 1 saturated carbocycles. The van der Waals surface area contributed by atoms with E-state index in [0.717, 1.165) is 6.42 Å². The van der Waals surface area contributed by atoms with Crippen LogP contribution in [0.2, 0.25) is 0 Å². The van der Waals surface area contributed by atoms with Gasteiger partial charge in [0.05, 0.1) is 19.8 Å². The summed E-state index contributed by atoms with van der Waals surface area (Å²) in [4.78, 5) is 11.1. The average molecular weight is 343 g/mol. The van der Waals surface area contributed by atoms with Gasteiger partial charge in [0.1, 0.15) is 0 Å². The molecule has 4 nitrogen and oxygen atoms in total. The molecule has 1 fully saturated rings. The lowest BCUT2D eigenvalue weighted by molar-refractivity contribution is -0.139. The van der Waals surface area contributed by atoms with Crippen molar-refractivity contribution in [3.05, 3.63) is 6.73 Å². The molecule has 1 N–H and O–H groups in total. The fraction of sp³-hybridized carbons (Fsp3) is 0.889. The number of methoxy groups -OCH3 is 1. The van der Waals surface area contributed by atoms with Crippen LogP contribution in [0.3, 0.4) is 0 Å². The lowest BCUT2D eigenvalue weighted by atomic mass is 9.97. The summed E-state index contributed by atoms with van der Waals surface area (Å²) in [5, 5.41) is 3.36. The lowest BCUT2D eigenvalue weighted by Crippen LogP contribution is -2.41. The minimum Gasteiger partial charge on any atom is -0.468 e. The molecule has 1 rings (SSSR count). The summed E-state index contributed by atoms with van der Waals surface area (Å²) < 4.78 is 10.5. The molecule has 0 aromatic rings. The smallest absolute Gasteiger partial charge is 0.319 e. The summed E-state index contributed by atoms with van der Waals surface area (Å²) >= 11 is 0. The SMILES string of the molecule is COC(=O)CN[C]OC1CCCCC1P(C(C)(C)C)C(C)(C)C. The Morgan fingerprint density at radius 2 is 1.70 bits per heavy atom. The van der Waals surface area contributed by atoms with E-state index in [4.69, 9.17) is 4.74 Å². The van der Waals surface area contributed by atoms with Crippen LogP contribution in [0, 0.1) is 6.73 Å². The Balaban J connectivity index is 2.70. The third kappa shape index (κ3) is 6.68. The zero-order valence-electron chi connectivity index (χ0n) is 15.9. The van der Waals surface area contributed by atoms with Gasteiger partial charge in [-0.2, -0.15) is 0 Å². The minimum absolute atomic E-state index is 0.0984. The Labute approximate surface area is 143 Å². The molecule has 2 atom stereocenters. The maximum atomic E-state index is 11.1. The third-order valence-corrected chi connectivity index (χ3v) is 8.33. The number of hydrogen-bond donors (Lipinski definition) is 1. The summed E-state index contributed by atoms with van der Waals surface area (Å²) in [5.41, 5.74) is 0.575. The van der Waals surface area contributed by atoms with E-state index in [1.54, 1.807) is 0 Å². The van der Waals surface area contributed by atoms with Crippen molar-refractivity contribution in [2.75, 3.05) is 13.7 Å². The van der Waals surface area contributed by atoms with Gasteiger partial charge in [-0.05, 0) is 23.2 Å². The van der Waals surface area contributed by atoms with Gasteiger partial charge in [-0.1, -0.05) is 62.3 Å². The summed E-state index contributed by atoms with van der Waals surface area (Å²) in [5.74, 6) is -0.312. The van der Waals surface area contributed by atoms with Gasteiger partial charge in [0, 0.05) is 5.66 Å². The fourth-order valence-corrected chi connectivity index (χ4v) is 8.79. The summed E-state index contributed by atoms with van der Waals surface area (Å²) in [6.45, 7) is 17.0. The molecule has 2 radical (unpaired) electrons. The van der Waals surface area contributed by atoms with Gasteiger partial charge >= 0.3 is 5.97 Å². The monoisotopic (exact) mass is 343 g/mol. The highest BCUT2D eigenvalue weighted by Crippen LogP contribution is 2.65. The van der Waals surface area contributed by atoms with Crippen LogP contribution in [-0.4, -0.2) is 41.7 Å². The minimum atomic E-state index is -0.312. The van der Waals surface area contributed by atoms with Crippen molar-refractivity contribution in [1.82, 2.24) is 5.32 Å². The van der Waals surface area contributed by atoms with Crippen molar-refractivity contribution < 1.29 is 14.3 Å². The van der Waals surface area contributed by atoms with Gasteiger partial charge in [-0.15, -0.1) is 0 Å². The van der Waals surface area contributed by atoms with Crippen molar-refractivity contribution in [3.63, 3.8) is 0 Å². The quantitative estimate of drug-likeness (QED) is 0.341. The Kier molecular flexibility index (Phi) is 7.97. The van der Waals surface area contributed by atoms with Crippen LogP contribution < -0.4 is 5.32 Å². The van der Waals surface area contributed by atoms with Gasteiger partial charge in [-0.3, -0.25) is 10.1 Å². The van der Waals surface area contributed by atoms with Crippen LogP contribution in [0.15, 0.2) is 0 Å². The summed E-state index contributed by atoms with van der Waals surface area (Å²) in [7, 11) is 1.16. The molecular weight excluding hydrogens is 309 g/mol. The van der Waals surface area contributed by atoms with E-state index >= 15 is 0 Å². The summed E-state index contributed by atoms with van der Waals surface area (Å²) in [6.07, 6.45) is 4.98. The van der Waals surface area contributed by atoms with E-state index in [9.17, 15) is 4.79 Å². The van der Waals surface area contributed by atoms with Crippen LogP contribution in [0.4, 0.5) is 0 Å². The Morgan fingerprint density at radius 1 is 1.13 bits per heavy atom. The van der Waals surface area contributed by atoms with Crippen molar-refractivity contribution in [3.8, 4) is 0 Å². The van der Waals surface area contributed by atoms with Gasteiger partial charge in [0.15, 0.2) is 0 Å². The molecule has 2 unspecified atom stereocenters. The normalized spacial score (nSPS) is 23.1. The van der Waals surface area contributed by atoms with Crippen LogP contribution >= 0.6 is 7.92 Å². The highest BCUT2D eigenvalue weighted by atomic mass is 31.1. The van der Waals surface area contributed by atoms with Crippen LogP contribution in [0.5, 0.6) is 0 Å². The number of esters is 1.